The van der Waals surface area contributed by atoms with Crippen LogP contribution in [0.4, 0.5) is 0 Å². The second-order valence-corrected chi connectivity index (χ2v) is 10.1. The first-order valence-corrected chi connectivity index (χ1v) is 11.1. The predicted molar refractivity (Wildman–Crippen MR) is 105 cm³/mol. The fourth-order valence-corrected chi connectivity index (χ4v) is 6.78. The number of benzene rings is 2. The molecule has 2 aromatic rings. The second-order valence-electron chi connectivity index (χ2n) is 7.42. The first-order chi connectivity index (χ1) is 12.5. The molecule has 0 unspecified atom stereocenters. The van der Waals surface area contributed by atoms with Crippen LogP contribution in [-0.4, -0.2) is 24.1 Å². The predicted octanol–water partition coefficient (Wildman–Crippen LogP) is 4.99. The van der Waals surface area contributed by atoms with Crippen LogP contribution in [0.3, 0.4) is 0 Å². The maximum absolute atomic E-state index is 13.4. The van der Waals surface area contributed by atoms with Gasteiger partial charge in [-0.15, -0.1) is 11.6 Å². The number of sulfonamides is 1. The van der Waals surface area contributed by atoms with E-state index >= 15 is 0 Å². The Balaban J connectivity index is 1.81. The lowest BCUT2D eigenvalue weighted by molar-refractivity contribution is 0.0933. The van der Waals surface area contributed by atoms with Crippen molar-refractivity contribution < 1.29 is 8.42 Å². The van der Waals surface area contributed by atoms with Gasteiger partial charge in [0.15, 0.2) is 0 Å². The zero-order chi connectivity index (χ0) is 18.2. The Morgan fingerprint density at radius 1 is 0.923 bits per heavy atom. The molecule has 1 saturated heterocycles. The van der Waals surface area contributed by atoms with Gasteiger partial charge in [-0.3, -0.25) is 0 Å². The van der Waals surface area contributed by atoms with Gasteiger partial charge in [0.05, 0.1) is 15.8 Å². The van der Waals surface area contributed by atoms with Crippen LogP contribution in [0.2, 0.25) is 0 Å². The number of piperidine rings is 1. The molecule has 2 aromatic carbocycles. The zero-order valence-electron chi connectivity index (χ0n) is 14.7. The first kappa shape index (κ1) is 18.0. The third-order valence-corrected chi connectivity index (χ3v) is 8.51. The van der Waals surface area contributed by atoms with E-state index in [0.717, 1.165) is 31.2 Å². The zero-order valence-corrected chi connectivity index (χ0v) is 16.3. The van der Waals surface area contributed by atoms with Crippen molar-refractivity contribution in [3.8, 4) is 0 Å². The third kappa shape index (κ3) is 3.08. The highest BCUT2D eigenvalue weighted by Crippen LogP contribution is 2.53. The highest BCUT2D eigenvalue weighted by molar-refractivity contribution is 7.89. The summed E-state index contributed by atoms with van der Waals surface area (Å²) in [5.41, 5.74) is 1.05. The van der Waals surface area contributed by atoms with E-state index < -0.39 is 10.0 Å². The molecule has 2 fully saturated rings. The smallest absolute Gasteiger partial charge is 0.207 e. The lowest BCUT2D eigenvalue weighted by Gasteiger charge is -2.51. The number of hydrogen-bond acceptors (Lipinski definition) is 2. The Hall–Kier alpha value is -1.36. The molecule has 0 amide bonds. The average molecular weight is 390 g/mol. The minimum absolute atomic E-state index is 0.146. The molecule has 1 saturated carbocycles. The van der Waals surface area contributed by atoms with E-state index in [-0.39, 0.29) is 16.8 Å². The minimum atomic E-state index is -3.56. The van der Waals surface area contributed by atoms with Gasteiger partial charge < -0.3 is 0 Å². The summed E-state index contributed by atoms with van der Waals surface area (Å²) in [5.74, 6) is 0.146. The second kappa shape index (κ2) is 6.99. The van der Waals surface area contributed by atoms with Crippen LogP contribution in [0.1, 0.15) is 43.7 Å². The van der Waals surface area contributed by atoms with Crippen molar-refractivity contribution in [2.24, 2.45) is 5.92 Å². The van der Waals surface area contributed by atoms with Crippen molar-refractivity contribution in [2.75, 3.05) is 6.54 Å². The molecule has 1 aliphatic carbocycles. The number of fused-ring (bicyclic) bond motifs is 1. The summed E-state index contributed by atoms with van der Waals surface area (Å²) in [6.45, 7) is 0.469. The van der Waals surface area contributed by atoms with E-state index in [0.29, 0.717) is 17.9 Å². The van der Waals surface area contributed by atoms with Crippen LogP contribution in [0.25, 0.3) is 0 Å². The molecule has 3 atom stereocenters. The normalized spacial score (nSPS) is 29.9. The number of nitrogens with zero attached hydrogens (tertiary/aromatic N) is 1. The lowest BCUT2D eigenvalue weighted by Crippen LogP contribution is -2.53. The van der Waals surface area contributed by atoms with Crippen LogP contribution in [0, 0.1) is 5.92 Å². The molecule has 2 aliphatic rings. The summed E-state index contributed by atoms with van der Waals surface area (Å²) in [6, 6.07) is 18.6. The average Bonchev–Trinajstić information content (AvgIpc) is 2.68. The maximum atomic E-state index is 13.4. The first-order valence-electron chi connectivity index (χ1n) is 9.33. The monoisotopic (exact) mass is 389 g/mol. The molecular weight excluding hydrogens is 366 g/mol. The molecule has 4 rings (SSSR count). The fourth-order valence-electron chi connectivity index (χ4n) is 4.66. The van der Waals surface area contributed by atoms with Crippen molar-refractivity contribution in [1.29, 1.82) is 0 Å². The summed E-state index contributed by atoms with van der Waals surface area (Å²) >= 11 is 7.06. The van der Waals surface area contributed by atoms with Gasteiger partial charge in [0.2, 0.25) is 10.0 Å². The van der Waals surface area contributed by atoms with Gasteiger partial charge in [0.25, 0.3) is 0 Å². The summed E-state index contributed by atoms with van der Waals surface area (Å²) < 4.78 is 28.6. The molecule has 3 nitrogen and oxygen atoms in total. The Bertz CT molecular complexity index is 856. The number of halogens is 1. The molecule has 0 radical (unpaired) electrons. The Kier molecular flexibility index (Phi) is 4.84. The van der Waals surface area contributed by atoms with Crippen molar-refractivity contribution in [3.05, 3.63) is 66.2 Å². The molecule has 1 aliphatic heterocycles. The van der Waals surface area contributed by atoms with E-state index in [1.807, 2.05) is 36.4 Å². The van der Waals surface area contributed by atoms with Crippen molar-refractivity contribution >= 4 is 21.6 Å². The molecular formula is C21H24ClNO2S. The third-order valence-electron chi connectivity index (χ3n) is 5.95. The molecule has 26 heavy (non-hydrogen) atoms. The summed E-state index contributed by atoms with van der Waals surface area (Å²) in [5, 5.41) is 0. The summed E-state index contributed by atoms with van der Waals surface area (Å²) in [7, 11) is -3.56. The standard InChI is InChI=1S/C21H24ClNO2S/c22-21-14-8-7-13-19(21)20(17-9-3-1-4-10-17)23(16-15-21)26(24,25)18-11-5-2-6-12-18/h1-6,9-12,19-20H,7-8,13-16H2/t19-,20-,21-/m0/s1. The molecule has 0 N–H and O–H groups in total. The topological polar surface area (TPSA) is 37.4 Å². The molecule has 138 valence electrons. The van der Waals surface area contributed by atoms with Crippen molar-refractivity contribution in [2.45, 2.75) is 47.9 Å². The quantitative estimate of drug-likeness (QED) is 0.693. The van der Waals surface area contributed by atoms with Gasteiger partial charge in [-0.05, 0) is 42.9 Å². The molecule has 0 aromatic heterocycles. The van der Waals surface area contributed by atoms with Crippen molar-refractivity contribution in [1.82, 2.24) is 4.31 Å². The molecule has 0 spiro atoms. The van der Waals surface area contributed by atoms with Gasteiger partial charge >= 0.3 is 0 Å². The van der Waals surface area contributed by atoms with Gasteiger partial charge in [-0.2, -0.15) is 4.31 Å². The highest BCUT2D eigenvalue weighted by Gasteiger charge is 2.51. The van der Waals surface area contributed by atoms with E-state index in [9.17, 15) is 8.42 Å². The van der Waals surface area contributed by atoms with Crippen LogP contribution in [0.15, 0.2) is 65.6 Å². The number of alkyl halides is 1. The van der Waals surface area contributed by atoms with E-state index in [4.69, 9.17) is 11.6 Å². The Labute approximate surface area is 161 Å². The van der Waals surface area contributed by atoms with Gasteiger partial charge in [-0.25, -0.2) is 8.42 Å². The van der Waals surface area contributed by atoms with E-state index in [1.54, 1.807) is 28.6 Å². The van der Waals surface area contributed by atoms with Crippen LogP contribution < -0.4 is 0 Å². The van der Waals surface area contributed by atoms with Gasteiger partial charge in [-0.1, -0.05) is 61.4 Å². The number of hydrogen-bond donors (Lipinski definition) is 0. The molecule has 5 heteroatoms. The van der Waals surface area contributed by atoms with Crippen LogP contribution in [0.5, 0.6) is 0 Å². The van der Waals surface area contributed by atoms with E-state index in [2.05, 4.69) is 0 Å². The summed E-state index contributed by atoms with van der Waals surface area (Å²) in [6.07, 6.45) is 4.91. The van der Waals surface area contributed by atoms with Gasteiger partial charge in [0, 0.05) is 6.54 Å². The maximum Gasteiger partial charge on any atom is 0.243 e. The van der Waals surface area contributed by atoms with Crippen molar-refractivity contribution in [3.63, 3.8) is 0 Å². The minimum Gasteiger partial charge on any atom is -0.207 e. The van der Waals surface area contributed by atoms with E-state index in [1.165, 1.54) is 0 Å². The Morgan fingerprint density at radius 3 is 2.27 bits per heavy atom. The molecule has 0 bridgehead atoms. The van der Waals surface area contributed by atoms with Crippen LogP contribution >= 0.6 is 11.6 Å². The lowest BCUT2D eigenvalue weighted by atomic mass is 9.69. The summed E-state index contributed by atoms with van der Waals surface area (Å²) in [4.78, 5) is 0.0698. The van der Waals surface area contributed by atoms with Gasteiger partial charge in [0.1, 0.15) is 0 Å². The van der Waals surface area contributed by atoms with Crippen LogP contribution in [-0.2, 0) is 10.0 Å². The highest BCUT2D eigenvalue weighted by atomic mass is 35.5. The largest absolute Gasteiger partial charge is 0.243 e. The number of rotatable bonds is 3. The molecule has 1 heterocycles. The fraction of sp³-hybridized carbons (Fsp3) is 0.429. The Morgan fingerprint density at radius 2 is 1.58 bits per heavy atom. The SMILES string of the molecule is O=S(=O)(c1ccccc1)N1CC[C@@]2(Cl)CCCC[C@H]2[C@@H]1c1ccccc1.